The molecule has 36 valence electrons. The smallest absolute Gasteiger partial charge is 0.0814 e. The summed E-state index contributed by atoms with van der Waals surface area (Å²) in [7, 11) is 0. The zero-order valence-electron chi connectivity index (χ0n) is 3.81. The summed E-state index contributed by atoms with van der Waals surface area (Å²) in [5, 5.41) is 11.7. The third-order valence-electron chi connectivity index (χ3n) is 1.23. The van der Waals surface area contributed by atoms with Gasteiger partial charge in [0.05, 0.1) is 6.10 Å². The third kappa shape index (κ3) is 0.420. The Balaban J connectivity index is 2.20. The molecule has 1 aliphatic heterocycles. The molecule has 0 amide bonds. The van der Waals surface area contributed by atoms with Crippen LogP contribution >= 0.6 is 0 Å². The van der Waals surface area contributed by atoms with Crippen LogP contribution in [0.4, 0.5) is 0 Å². The van der Waals surface area contributed by atoms with E-state index in [1.807, 2.05) is 6.92 Å². The lowest BCUT2D eigenvalue weighted by atomic mass is 10.1. The van der Waals surface area contributed by atoms with Gasteiger partial charge in [-0.15, -0.1) is 0 Å². The van der Waals surface area contributed by atoms with Gasteiger partial charge in [0, 0.05) is 12.6 Å². The second kappa shape index (κ2) is 1.21. The Hall–Kier alpha value is -0.0800. The lowest BCUT2D eigenvalue weighted by Crippen LogP contribution is -2.55. The lowest BCUT2D eigenvalue weighted by molar-refractivity contribution is 0.0704. The van der Waals surface area contributed by atoms with Gasteiger partial charge < -0.3 is 10.4 Å². The molecule has 1 aliphatic rings. The zero-order chi connectivity index (χ0) is 4.57. The monoisotopic (exact) mass is 87.1 g/mol. The van der Waals surface area contributed by atoms with Gasteiger partial charge in [-0.3, -0.25) is 0 Å². The summed E-state index contributed by atoms with van der Waals surface area (Å²) in [6.07, 6.45) is -0.0787. The number of rotatable bonds is 0. The molecule has 0 radical (unpaired) electrons. The molecule has 0 aliphatic carbocycles. The molecule has 1 heterocycles. The molecule has 2 heteroatoms. The van der Waals surface area contributed by atoms with Crippen LogP contribution in [-0.4, -0.2) is 23.8 Å². The van der Waals surface area contributed by atoms with Crippen molar-refractivity contribution in [2.75, 3.05) is 6.54 Å². The highest BCUT2D eigenvalue weighted by Gasteiger charge is 2.21. The molecule has 0 saturated carbocycles. The topological polar surface area (TPSA) is 32.3 Å². The van der Waals surface area contributed by atoms with Gasteiger partial charge >= 0.3 is 0 Å². The first-order chi connectivity index (χ1) is 2.80. The van der Waals surface area contributed by atoms with Gasteiger partial charge in [-0.2, -0.15) is 0 Å². The number of hydrogen-bond acceptors (Lipinski definition) is 2. The predicted molar refractivity (Wildman–Crippen MR) is 23.5 cm³/mol. The number of hydrogen-bond donors (Lipinski definition) is 2. The van der Waals surface area contributed by atoms with Gasteiger partial charge in [-0.05, 0) is 6.92 Å². The molecule has 0 aromatic rings. The summed E-state index contributed by atoms with van der Waals surface area (Å²) in [6, 6.07) is 0.338. The lowest BCUT2D eigenvalue weighted by Gasteiger charge is -2.30. The summed E-state index contributed by atoms with van der Waals surface area (Å²) < 4.78 is 0. The van der Waals surface area contributed by atoms with Crippen LogP contribution in [0.5, 0.6) is 0 Å². The first-order valence-corrected chi connectivity index (χ1v) is 2.22. The first-order valence-electron chi connectivity index (χ1n) is 2.22. The molecule has 0 spiro atoms. The average molecular weight is 87.1 g/mol. The molecule has 6 heavy (non-hydrogen) atoms. The second-order valence-corrected chi connectivity index (χ2v) is 1.76. The predicted octanol–water partition coefficient (Wildman–Crippen LogP) is -0.661. The average Bonchev–Trinajstić information content (AvgIpc) is 1.61. The Kier molecular flexibility index (Phi) is 0.821. The minimum Gasteiger partial charge on any atom is -0.390 e. The van der Waals surface area contributed by atoms with Crippen molar-refractivity contribution >= 4 is 0 Å². The Bertz CT molecular complexity index is 47.5. The largest absolute Gasteiger partial charge is 0.390 e. The molecule has 2 atom stereocenters. The van der Waals surface area contributed by atoms with E-state index in [9.17, 15) is 0 Å². The molecular formula is C4H9NO. The minimum atomic E-state index is -0.0787. The van der Waals surface area contributed by atoms with E-state index in [-0.39, 0.29) is 6.10 Å². The van der Waals surface area contributed by atoms with E-state index in [0.717, 1.165) is 6.54 Å². The van der Waals surface area contributed by atoms with E-state index in [0.29, 0.717) is 6.04 Å². The van der Waals surface area contributed by atoms with Crippen LogP contribution in [0.25, 0.3) is 0 Å². The highest BCUT2D eigenvalue weighted by molar-refractivity contribution is 4.82. The van der Waals surface area contributed by atoms with Crippen molar-refractivity contribution < 1.29 is 5.11 Å². The van der Waals surface area contributed by atoms with Crippen LogP contribution < -0.4 is 5.32 Å². The van der Waals surface area contributed by atoms with Crippen LogP contribution in [0.3, 0.4) is 0 Å². The van der Waals surface area contributed by atoms with Crippen molar-refractivity contribution in [2.45, 2.75) is 19.1 Å². The zero-order valence-corrected chi connectivity index (χ0v) is 3.81. The molecule has 1 unspecified atom stereocenters. The van der Waals surface area contributed by atoms with Gasteiger partial charge in [0.1, 0.15) is 0 Å². The standard InChI is InChI=1S/C4H9NO/c1-3-4(6)2-5-3/h3-6H,2H2,1H3/t3?,4-/m1/s1. The molecule has 2 N–H and O–H groups in total. The van der Waals surface area contributed by atoms with Crippen molar-refractivity contribution in [1.29, 1.82) is 0 Å². The van der Waals surface area contributed by atoms with E-state index in [4.69, 9.17) is 5.11 Å². The van der Waals surface area contributed by atoms with E-state index in [1.54, 1.807) is 0 Å². The Labute approximate surface area is 37.2 Å². The maximum absolute atomic E-state index is 8.65. The fourth-order valence-electron chi connectivity index (χ4n) is 0.459. The number of β-amino-alcohol motifs (C(OH)–C–C–N with tert-alkyl or cyclic N) is 1. The summed E-state index contributed by atoms with van der Waals surface area (Å²) >= 11 is 0. The molecule has 0 bridgehead atoms. The van der Waals surface area contributed by atoms with Crippen LogP contribution in [-0.2, 0) is 0 Å². The van der Waals surface area contributed by atoms with Crippen LogP contribution in [0.2, 0.25) is 0 Å². The van der Waals surface area contributed by atoms with Gasteiger partial charge in [0.15, 0.2) is 0 Å². The van der Waals surface area contributed by atoms with Gasteiger partial charge in [-0.25, -0.2) is 0 Å². The highest BCUT2D eigenvalue weighted by atomic mass is 16.3. The molecule has 1 saturated heterocycles. The minimum absolute atomic E-state index is 0.0787. The van der Waals surface area contributed by atoms with Crippen molar-refractivity contribution in [3.8, 4) is 0 Å². The molecule has 1 rings (SSSR count). The second-order valence-electron chi connectivity index (χ2n) is 1.76. The maximum atomic E-state index is 8.65. The van der Waals surface area contributed by atoms with E-state index < -0.39 is 0 Å². The highest BCUT2D eigenvalue weighted by Crippen LogP contribution is 1.99. The van der Waals surface area contributed by atoms with E-state index in [2.05, 4.69) is 5.32 Å². The summed E-state index contributed by atoms with van der Waals surface area (Å²) in [5.41, 5.74) is 0. The SMILES string of the molecule is CC1NC[C@H]1O. The summed E-state index contributed by atoms with van der Waals surface area (Å²) in [6.45, 7) is 2.75. The number of aliphatic hydroxyl groups is 1. The maximum Gasteiger partial charge on any atom is 0.0814 e. The molecule has 1 fully saturated rings. The van der Waals surface area contributed by atoms with Gasteiger partial charge in [-0.1, -0.05) is 0 Å². The fourth-order valence-corrected chi connectivity index (χ4v) is 0.459. The Morgan fingerprint density at radius 3 is 2.33 bits per heavy atom. The quantitative estimate of drug-likeness (QED) is 0.411. The molecule has 0 aromatic carbocycles. The number of aliphatic hydroxyl groups excluding tert-OH is 1. The molecule has 0 aromatic heterocycles. The Morgan fingerprint density at radius 1 is 1.83 bits per heavy atom. The normalized spacial score (nSPS) is 45.0. The summed E-state index contributed by atoms with van der Waals surface area (Å²) in [5.74, 6) is 0. The Morgan fingerprint density at radius 2 is 2.33 bits per heavy atom. The molecular weight excluding hydrogens is 78.0 g/mol. The van der Waals surface area contributed by atoms with E-state index >= 15 is 0 Å². The van der Waals surface area contributed by atoms with Gasteiger partial charge in [0.2, 0.25) is 0 Å². The first kappa shape index (κ1) is 4.09. The fraction of sp³-hybridized carbons (Fsp3) is 1.00. The molecule has 2 nitrogen and oxygen atoms in total. The van der Waals surface area contributed by atoms with Gasteiger partial charge in [0.25, 0.3) is 0 Å². The van der Waals surface area contributed by atoms with Crippen LogP contribution in [0.1, 0.15) is 6.92 Å². The van der Waals surface area contributed by atoms with Crippen molar-refractivity contribution in [1.82, 2.24) is 5.32 Å². The van der Waals surface area contributed by atoms with E-state index in [1.165, 1.54) is 0 Å². The summed E-state index contributed by atoms with van der Waals surface area (Å²) in [4.78, 5) is 0. The van der Waals surface area contributed by atoms with Crippen molar-refractivity contribution in [2.24, 2.45) is 0 Å². The van der Waals surface area contributed by atoms with Crippen molar-refractivity contribution in [3.63, 3.8) is 0 Å². The number of nitrogens with one attached hydrogen (secondary N) is 1. The van der Waals surface area contributed by atoms with Crippen LogP contribution in [0.15, 0.2) is 0 Å². The third-order valence-corrected chi connectivity index (χ3v) is 1.23. The van der Waals surface area contributed by atoms with Crippen molar-refractivity contribution in [3.05, 3.63) is 0 Å². The van der Waals surface area contributed by atoms with Crippen LogP contribution in [0, 0.1) is 0 Å².